The third kappa shape index (κ3) is 2.83. The lowest BCUT2D eigenvalue weighted by atomic mass is 9.81. The van der Waals surface area contributed by atoms with E-state index in [1.54, 1.807) is 0 Å². The van der Waals surface area contributed by atoms with Gasteiger partial charge in [0.1, 0.15) is 0 Å². The molecule has 0 atom stereocenters. The van der Waals surface area contributed by atoms with Gasteiger partial charge in [-0.2, -0.15) is 0 Å². The number of Topliss-reactive ketones (excluding diaryl/α,β-unsaturated/α-hetero) is 1. The molecule has 86 valence electrons. The summed E-state index contributed by atoms with van der Waals surface area (Å²) in [6.45, 7) is 13.7. The Hall–Kier alpha value is -0.790. The van der Waals surface area contributed by atoms with E-state index in [2.05, 4.69) is 52.6 Å². The van der Waals surface area contributed by atoms with Crippen LogP contribution in [0.15, 0.2) is 11.8 Å². The zero-order chi connectivity index (χ0) is 11.9. The van der Waals surface area contributed by atoms with Crippen LogP contribution in [0.3, 0.4) is 0 Å². The summed E-state index contributed by atoms with van der Waals surface area (Å²) in [5.41, 5.74) is 1.03. The minimum atomic E-state index is -0.0407. The monoisotopic (exact) mass is 209 g/mol. The highest BCUT2D eigenvalue weighted by molar-refractivity contribution is 5.97. The van der Waals surface area contributed by atoms with Gasteiger partial charge in [0, 0.05) is 30.3 Å². The van der Waals surface area contributed by atoms with E-state index in [0.717, 1.165) is 12.1 Å². The highest BCUT2D eigenvalue weighted by Gasteiger charge is 2.31. The molecule has 0 N–H and O–H groups in total. The average Bonchev–Trinajstić information content (AvgIpc) is 2.00. The van der Waals surface area contributed by atoms with Gasteiger partial charge in [-0.3, -0.25) is 4.79 Å². The van der Waals surface area contributed by atoms with Crippen LogP contribution in [-0.4, -0.2) is 22.8 Å². The Balaban J connectivity index is 3.02. The van der Waals surface area contributed by atoms with Crippen LogP contribution in [-0.2, 0) is 4.79 Å². The lowest BCUT2D eigenvalue weighted by Crippen LogP contribution is -2.42. The normalized spacial score (nSPS) is 19.2. The lowest BCUT2D eigenvalue weighted by Gasteiger charge is -2.39. The van der Waals surface area contributed by atoms with Crippen molar-refractivity contribution in [3.8, 4) is 0 Å². The molecule has 1 aliphatic rings. The Labute approximate surface area is 93.3 Å². The second-order valence-electron chi connectivity index (χ2n) is 6.33. The van der Waals surface area contributed by atoms with E-state index >= 15 is 0 Å². The first kappa shape index (κ1) is 12.3. The standard InChI is InChI=1S/C13H23NO/c1-12(2,3)10-9-14(13(4,5)6)8-7-11(10)15/h9H,7-8H2,1-6H3. The fourth-order valence-electron chi connectivity index (χ4n) is 1.79. The molecule has 1 rings (SSSR count). The molecule has 0 unspecified atom stereocenters. The zero-order valence-electron chi connectivity index (χ0n) is 10.8. The van der Waals surface area contributed by atoms with Crippen molar-refractivity contribution in [1.29, 1.82) is 0 Å². The van der Waals surface area contributed by atoms with Gasteiger partial charge in [0.2, 0.25) is 0 Å². The summed E-state index contributed by atoms with van der Waals surface area (Å²) >= 11 is 0. The van der Waals surface area contributed by atoms with Crippen molar-refractivity contribution in [1.82, 2.24) is 4.90 Å². The first-order valence-corrected chi connectivity index (χ1v) is 5.64. The molecule has 1 aliphatic heterocycles. The van der Waals surface area contributed by atoms with Crippen LogP contribution in [0, 0.1) is 5.41 Å². The fourth-order valence-corrected chi connectivity index (χ4v) is 1.79. The van der Waals surface area contributed by atoms with Crippen molar-refractivity contribution in [2.24, 2.45) is 5.41 Å². The van der Waals surface area contributed by atoms with Crippen LogP contribution in [0.1, 0.15) is 48.0 Å². The summed E-state index contributed by atoms with van der Waals surface area (Å²) in [5.74, 6) is 0.308. The van der Waals surface area contributed by atoms with E-state index in [1.807, 2.05) is 0 Å². The molecule has 15 heavy (non-hydrogen) atoms. The highest BCUT2D eigenvalue weighted by atomic mass is 16.1. The largest absolute Gasteiger partial charge is 0.372 e. The minimum Gasteiger partial charge on any atom is -0.372 e. The van der Waals surface area contributed by atoms with Crippen LogP contribution < -0.4 is 0 Å². The highest BCUT2D eigenvalue weighted by Crippen LogP contribution is 2.31. The molecule has 2 nitrogen and oxygen atoms in total. The third-order valence-corrected chi connectivity index (χ3v) is 2.83. The number of carbonyl (C=O) groups is 1. The molecule has 0 aromatic carbocycles. The smallest absolute Gasteiger partial charge is 0.162 e. The zero-order valence-corrected chi connectivity index (χ0v) is 10.8. The van der Waals surface area contributed by atoms with Gasteiger partial charge < -0.3 is 4.90 Å². The molecule has 0 aliphatic carbocycles. The van der Waals surface area contributed by atoms with E-state index in [-0.39, 0.29) is 11.0 Å². The van der Waals surface area contributed by atoms with Crippen molar-refractivity contribution >= 4 is 5.78 Å². The van der Waals surface area contributed by atoms with E-state index in [4.69, 9.17) is 0 Å². The number of carbonyl (C=O) groups excluding carboxylic acids is 1. The number of hydrogen-bond donors (Lipinski definition) is 0. The number of allylic oxidation sites excluding steroid dienone is 1. The van der Waals surface area contributed by atoms with Crippen LogP contribution in [0.5, 0.6) is 0 Å². The maximum absolute atomic E-state index is 11.8. The van der Waals surface area contributed by atoms with Crippen molar-refractivity contribution in [2.75, 3.05) is 6.54 Å². The third-order valence-electron chi connectivity index (χ3n) is 2.83. The lowest BCUT2D eigenvalue weighted by molar-refractivity contribution is -0.117. The number of hydrogen-bond acceptors (Lipinski definition) is 2. The summed E-state index contributed by atoms with van der Waals surface area (Å²) < 4.78 is 0. The molecule has 0 bridgehead atoms. The van der Waals surface area contributed by atoms with Crippen LogP contribution in [0.4, 0.5) is 0 Å². The summed E-state index contributed by atoms with van der Waals surface area (Å²) in [5, 5.41) is 0. The minimum absolute atomic E-state index is 0.0407. The van der Waals surface area contributed by atoms with Gasteiger partial charge in [0.15, 0.2) is 5.78 Å². The van der Waals surface area contributed by atoms with Crippen LogP contribution >= 0.6 is 0 Å². The van der Waals surface area contributed by atoms with Crippen molar-refractivity contribution in [2.45, 2.75) is 53.5 Å². The topological polar surface area (TPSA) is 20.3 Å². The molecule has 0 aromatic rings. The molecule has 1 heterocycles. The van der Waals surface area contributed by atoms with E-state index in [0.29, 0.717) is 12.2 Å². The van der Waals surface area contributed by atoms with Gasteiger partial charge in [-0.05, 0) is 26.2 Å². The Morgan fingerprint density at radius 3 is 2.07 bits per heavy atom. The second kappa shape index (κ2) is 3.66. The Bertz CT molecular complexity index is 289. The van der Waals surface area contributed by atoms with Gasteiger partial charge >= 0.3 is 0 Å². The second-order valence-corrected chi connectivity index (χ2v) is 6.33. The summed E-state index contributed by atoms with van der Waals surface area (Å²) in [4.78, 5) is 14.1. The molecule has 0 radical (unpaired) electrons. The molecule has 2 heteroatoms. The Kier molecular flexibility index (Phi) is 2.99. The van der Waals surface area contributed by atoms with Gasteiger partial charge in [0.05, 0.1) is 0 Å². The van der Waals surface area contributed by atoms with Gasteiger partial charge in [0.25, 0.3) is 0 Å². The molecule has 0 spiro atoms. The summed E-state index contributed by atoms with van der Waals surface area (Å²) in [6, 6.07) is 0. The Morgan fingerprint density at radius 1 is 1.13 bits per heavy atom. The average molecular weight is 209 g/mol. The maximum Gasteiger partial charge on any atom is 0.162 e. The van der Waals surface area contributed by atoms with Gasteiger partial charge in [-0.15, -0.1) is 0 Å². The van der Waals surface area contributed by atoms with Gasteiger partial charge in [-0.25, -0.2) is 0 Å². The van der Waals surface area contributed by atoms with Crippen LogP contribution in [0.2, 0.25) is 0 Å². The molecule has 0 fully saturated rings. The molecular weight excluding hydrogens is 186 g/mol. The van der Waals surface area contributed by atoms with E-state index in [9.17, 15) is 4.79 Å². The number of nitrogens with zero attached hydrogens (tertiary/aromatic N) is 1. The number of rotatable bonds is 0. The summed E-state index contributed by atoms with van der Waals surface area (Å²) in [7, 11) is 0. The molecule has 0 saturated carbocycles. The van der Waals surface area contributed by atoms with Crippen molar-refractivity contribution in [3.63, 3.8) is 0 Å². The quantitative estimate of drug-likeness (QED) is 0.611. The molecule has 0 amide bonds. The molecular formula is C13H23NO. The maximum atomic E-state index is 11.8. The Morgan fingerprint density at radius 2 is 1.67 bits per heavy atom. The van der Waals surface area contributed by atoms with Crippen molar-refractivity contribution < 1.29 is 4.79 Å². The predicted molar refractivity (Wildman–Crippen MR) is 63.6 cm³/mol. The molecule has 0 saturated heterocycles. The van der Waals surface area contributed by atoms with Crippen LogP contribution in [0.25, 0.3) is 0 Å². The van der Waals surface area contributed by atoms with Gasteiger partial charge in [-0.1, -0.05) is 20.8 Å². The van der Waals surface area contributed by atoms with E-state index < -0.39 is 0 Å². The fraction of sp³-hybridized carbons (Fsp3) is 0.769. The molecule has 0 aromatic heterocycles. The number of ketones is 1. The predicted octanol–water partition coefficient (Wildman–Crippen LogP) is 2.99. The first-order chi connectivity index (χ1) is 6.62. The summed E-state index contributed by atoms with van der Waals surface area (Å²) in [6.07, 6.45) is 2.71. The SMILES string of the molecule is CC(C)(C)C1=CN(C(C)(C)C)CCC1=O. The first-order valence-electron chi connectivity index (χ1n) is 5.64. The van der Waals surface area contributed by atoms with E-state index in [1.165, 1.54) is 0 Å². The van der Waals surface area contributed by atoms with Crippen molar-refractivity contribution in [3.05, 3.63) is 11.8 Å².